The number of hydrogen-bond acceptors (Lipinski definition) is 12. The van der Waals surface area contributed by atoms with Crippen LogP contribution in [0.5, 0.6) is 11.5 Å². The van der Waals surface area contributed by atoms with Gasteiger partial charge < -0.3 is 44.2 Å². The molecule has 7 atom stereocenters. The third kappa shape index (κ3) is 11.6. The molecule has 2 amide bonds. The topological polar surface area (TPSA) is 192 Å². The molecule has 0 aromatic heterocycles. The summed E-state index contributed by atoms with van der Waals surface area (Å²) >= 11 is 0. The first kappa shape index (κ1) is 49.0. The van der Waals surface area contributed by atoms with Crippen LogP contribution in [0.4, 0.5) is 14.9 Å². The molecule has 7 rings (SSSR count). The molecule has 0 bridgehead atoms. The van der Waals surface area contributed by atoms with Gasteiger partial charge in [0.25, 0.3) is 5.69 Å². The number of rotatable bonds is 21. The smallest absolute Gasteiger partial charge is 0.412 e. The number of carbonyl (C=O) groups excluding carboxylic acids is 2. The highest BCUT2D eigenvalue weighted by molar-refractivity contribution is 6.03. The second-order valence-corrected chi connectivity index (χ2v) is 17.4. The summed E-state index contributed by atoms with van der Waals surface area (Å²) < 4.78 is 40.6. The van der Waals surface area contributed by atoms with E-state index in [1.54, 1.807) is 60.4 Å². The number of amides is 2. The first-order valence-corrected chi connectivity index (χ1v) is 23.4. The van der Waals surface area contributed by atoms with Crippen molar-refractivity contribution in [3.05, 3.63) is 130 Å². The molecule has 4 aliphatic rings. The summed E-state index contributed by atoms with van der Waals surface area (Å²) in [7, 11) is 0. The second kappa shape index (κ2) is 23.2. The van der Waals surface area contributed by atoms with Gasteiger partial charge in [0.2, 0.25) is 18.0 Å². The number of nitro benzene ring substituents is 1. The van der Waals surface area contributed by atoms with Crippen molar-refractivity contribution in [1.29, 1.82) is 0 Å². The van der Waals surface area contributed by atoms with Crippen molar-refractivity contribution >= 4 is 29.5 Å². The molecule has 2 aliphatic heterocycles. The molecule has 7 unspecified atom stereocenters. The van der Waals surface area contributed by atoms with Crippen molar-refractivity contribution in [2.75, 3.05) is 33.0 Å². The van der Waals surface area contributed by atoms with E-state index in [1.165, 1.54) is 30.3 Å². The summed E-state index contributed by atoms with van der Waals surface area (Å²) in [6.45, 7) is 6.76. The van der Waals surface area contributed by atoms with Crippen molar-refractivity contribution in [2.45, 2.75) is 102 Å². The fourth-order valence-corrected chi connectivity index (χ4v) is 10.0. The molecule has 2 fully saturated rings. The number of nitrogens with zero attached hydrogens (tertiary/aromatic N) is 3. The Kier molecular flexibility index (Phi) is 16.9. The van der Waals surface area contributed by atoms with E-state index in [4.69, 9.17) is 28.9 Å². The molecule has 1 saturated carbocycles. The lowest BCUT2D eigenvalue weighted by molar-refractivity contribution is -0.384. The number of ether oxygens (including phenoxy) is 4. The Balaban J connectivity index is 1.45. The average Bonchev–Trinajstić information content (AvgIpc) is 3.33. The number of unbranched alkanes of at least 4 members (excludes halogenated alkanes) is 2. The Morgan fingerprint density at radius 3 is 2.49 bits per heavy atom. The minimum Gasteiger partial charge on any atom is -0.459 e. The fourth-order valence-electron chi connectivity index (χ4n) is 10.0. The average molecular weight is 925 g/mol. The summed E-state index contributed by atoms with van der Waals surface area (Å²) in [6.07, 6.45) is 12.2. The number of carbonyl (C=O) groups is 2. The number of allylic oxidation sites excluding steroid dienone is 1. The van der Waals surface area contributed by atoms with Crippen LogP contribution in [0.2, 0.25) is 0 Å². The summed E-state index contributed by atoms with van der Waals surface area (Å²) in [5.74, 6) is -2.96. The molecule has 3 aromatic rings. The summed E-state index contributed by atoms with van der Waals surface area (Å²) in [6, 6.07) is 16.1. The van der Waals surface area contributed by atoms with Gasteiger partial charge in [-0.1, -0.05) is 42.3 Å². The summed E-state index contributed by atoms with van der Waals surface area (Å²) in [5.41, 5.74) is 3.22. The lowest BCUT2D eigenvalue weighted by Gasteiger charge is -2.60. The van der Waals surface area contributed by atoms with Gasteiger partial charge in [0, 0.05) is 68.8 Å². The number of hydrogen-bond donors (Lipinski definition) is 3. The molecule has 1 saturated heterocycles. The molecular formula is C51H61FN4O11. The largest absolute Gasteiger partial charge is 0.459 e. The standard InChI is InChI=1S/C51H61FN4O11/c1-3-28-64-51-45(55(33-35-14-19-37(52)20-15-35)46(59)25-18-34-16-21-38(22-17-34)56(61)62)32-43(54-67-47-13-7-10-29-63-47)41-30-36(11-5-8-26-57)40(12-6-9-27-58)48(49(41)51)42-31-39(23-24-44(42)66-51)65-50(60)53-4-2/h3,14-25,30-31,36,40,45,47-49,57-58H,1,4-13,26-29,32-33H2,2H3,(H,53,60). The van der Waals surface area contributed by atoms with Crippen LogP contribution in [0, 0.1) is 33.7 Å². The number of nitrogens with one attached hydrogen (secondary N) is 1. The molecule has 0 radical (unpaired) electrons. The highest BCUT2D eigenvalue weighted by atomic mass is 19.1. The molecule has 2 aliphatic carbocycles. The number of aliphatic hydroxyl groups is 2. The normalized spacial score (nSPS) is 24.7. The number of benzene rings is 3. The van der Waals surface area contributed by atoms with E-state index in [0.29, 0.717) is 73.6 Å². The number of fused-ring (bicyclic) bond motifs is 2. The highest BCUT2D eigenvalue weighted by Crippen LogP contribution is 2.62. The van der Waals surface area contributed by atoms with Crippen molar-refractivity contribution in [1.82, 2.24) is 10.2 Å². The molecule has 3 N–H and O–H groups in total. The van der Waals surface area contributed by atoms with Gasteiger partial charge in [-0.15, -0.1) is 6.58 Å². The Bertz CT molecular complexity index is 2280. The minimum atomic E-state index is -1.62. The Morgan fingerprint density at radius 2 is 1.81 bits per heavy atom. The van der Waals surface area contributed by atoms with Crippen LogP contribution in [-0.2, 0) is 25.7 Å². The summed E-state index contributed by atoms with van der Waals surface area (Å²) in [4.78, 5) is 46.8. The molecule has 15 nitrogen and oxygen atoms in total. The van der Waals surface area contributed by atoms with Gasteiger partial charge in [-0.3, -0.25) is 14.9 Å². The molecule has 3 aromatic carbocycles. The Morgan fingerprint density at radius 1 is 1.04 bits per heavy atom. The van der Waals surface area contributed by atoms with Gasteiger partial charge in [0.1, 0.15) is 23.4 Å². The third-order valence-electron chi connectivity index (χ3n) is 13.0. The quantitative estimate of drug-likeness (QED) is 0.0304. The maximum absolute atomic E-state index is 15.1. The number of halogens is 1. The van der Waals surface area contributed by atoms with E-state index >= 15 is 4.79 Å². The van der Waals surface area contributed by atoms with Gasteiger partial charge >= 0.3 is 6.09 Å². The van der Waals surface area contributed by atoms with Gasteiger partial charge in [-0.25, -0.2) is 9.18 Å². The highest BCUT2D eigenvalue weighted by Gasteiger charge is 2.65. The van der Waals surface area contributed by atoms with E-state index in [1.807, 2.05) is 6.07 Å². The molecule has 16 heteroatoms. The van der Waals surface area contributed by atoms with Crippen molar-refractivity contribution in [3.63, 3.8) is 0 Å². The zero-order valence-electron chi connectivity index (χ0n) is 37.9. The predicted octanol–water partition coefficient (Wildman–Crippen LogP) is 8.74. The van der Waals surface area contributed by atoms with Gasteiger partial charge in [-0.2, -0.15) is 0 Å². The van der Waals surface area contributed by atoms with E-state index in [2.05, 4.69) is 18.0 Å². The van der Waals surface area contributed by atoms with Crippen LogP contribution in [0.15, 0.2) is 102 Å². The van der Waals surface area contributed by atoms with E-state index in [-0.39, 0.29) is 50.3 Å². The monoisotopic (exact) mass is 924 g/mol. The SMILES string of the molecule is C=CCOC12Oc3ccc(OC(=O)NCC)cc3C3C(CCCCO)C(CCCCO)C=C(C(=NOC4CCCCO4)CC1N(Cc1ccc(F)cc1)C(=O)C=Cc1ccc([N+](=O)[O-])cc1)C32. The van der Waals surface area contributed by atoms with Crippen molar-refractivity contribution in [2.24, 2.45) is 22.9 Å². The van der Waals surface area contributed by atoms with Crippen LogP contribution in [0.25, 0.3) is 6.08 Å². The van der Waals surface area contributed by atoms with Crippen molar-refractivity contribution < 1.29 is 52.9 Å². The molecule has 67 heavy (non-hydrogen) atoms. The van der Waals surface area contributed by atoms with Gasteiger partial charge in [0.05, 0.1) is 29.8 Å². The summed E-state index contributed by atoms with van der Waals surface area (Å²) in [5, 5.41) is 38.9. The first-order chi connectivity index (χ1) is 32.6. The van der Waals surface area contributed by atoms with E-state index < -0.39 is 52.7 Å². The first-order valence-electron chi connectivity index (χ1n) is 23.4. The molecule has 0 spiro atoms. The number of nitro groups is 1. The Hall–Kier alpha value is -5.94. The third-order valence-corrected chi connectivity index (χ3v) is 13.0. The zero-order valence-corrected chi connectivity index (χ0v) is 37.9. The number of non-ortho nitro benzene ring substituents is 1. The predicted molar refractivity (Wildman–Crippen MR) is 248 cm³/mol. The van der Waals surface area contributed by atoms with Crippen molar-refractivity contribution in [3.8, 4) is 11.5 Å². The lowest BCUT2D eigenvalue weighted by Crippen LogP contribution is -2.70. The van der Waals surface area contributed by atoms with E-state index in [0.717, 1.165) is 36.8 Å². The number of oxime groups is 1. The molecular weight excluding hydrogens is 864 g/mol. The van der Waals surface area contributed by atoms with Gasteiger partial charge in [0.15, 0.2) is 0 Å². The fraction of sp³-hybridized carbons (Fsp3) is 0.471. The van der Waals surface area contributed by atoms with Crippen LogP contribution >= 0.6 is 0 Å². The maximum atomic E-state index is 15.1. The molecule has 2 heterocycles. The van der Waals surface area contributed by atoms with Crippen LogP contribution in [0.1, 0.15) is 93.7 Å². The maximum Gasteiger partial charge on any atom is 0.412 e. The van der Waals surface area contributed by atoms with E-state index in [9.17, 15) is 29.5 Å². The molecule has 358 valence electrons. The zero-order chi connectivity index (χ0) is 47.3. The van der Waals surface area contributed by atoms with Crippen LogP contribution in [-0.4, -0.2) is 88.8 Å². The Labute approximate surface area is 390 Å². The van der Waals surface area contributed by atoms with Crippen LogP contribution < -0.4 is 14.8 Å². The lowest BCUT2D eigenvalue weighted by atomic mass is 9.55. The van der Waals surface area contributed by atoms with Crippen LogP contribution in [0.3, 0.4) is 0 Å². The number of aliphatic hydroxyl groups excluding tert-OH is 2. The van der Waals surface area contributed by atoms with Gasteiger partial charge in [-0.05, 0) is 123 Å². The minimum absolute atomic E-state index is 0.0108. The second-order valence-electron chi connectivity index (χ2n) is 17.4.